The Morgan fingerprint density at radius 3 is 2.65 bits per heavy atom. The zero-order chi connectivity index (χ0) is 17.0. The highest BCUT2D eigenvalue weighted by Crippen LogP contribution is 2.56. The molecule has 0 saturated heterocycles. The Bertz CT molecular complexity index is 637. The number of methoxy groups -OCH3 is 1. The van der Waals surface area contributed by atoms with Crippen molar-refractivity contribution in [2.45, 2.75) is 52.2 Å². The van der Waals surface area contributed by atoms with E-state index in [4.69, 9.17) is 9.47 Å². The summed E-state index contributed by atoms with van der Waals surface area (Å²) in [6.45, 7) is 8.61. The van der Waals surface area contributed by atoms with Crippen LogP contribution in [0.25, 0.3) is 0 Å². The van der Waals surface area contributed by atoms with Crippen molar-refractivity contribution in [3.8, 4) is 11.5 Å². The summed E-state index contributed by atoms with van der Waals surface area (Å²) >= 11 is 0. The number of carbonyl (C=O) groups excluding carboxylic acids is 1. The lowest BCUT2D eigenvalue weighted by molar-refractivity contribution is -0.154. The van der Waals surface area contributed by atoms with Crippen LogP contribution in [0.3, 0.4) is 0 Å². The molecule has 2 aliphatic rings. The van der Waals surface area contributed by atoms with Gasteiger partial charge in [0.15, 0.2) is 11.5 Å². The van der Waals surface area contributed by atoms with Crippen LogP contribution < -0.4 is 9.47 Å². The highest BCUT2D eigenvalue weighted by atomic mass is 16.5. The molecule has 4 atom stereocenters. The summed E-state index contributed by atoms with van der Waals surface area (Å²) in [7, 11) is 1.59. The first-order valence-electron chi connectivity index (χ1n) is 8.26. The topological polar surface area (TPSA) is 55.8 Å². The van der Waals surface area contributed by atoms with Crippen LogP contribution in [-0.4, -0.2) is 30.2 Å². The van der Waals surface area contributed by atoms with Gasteiger partial charge in [0.1, 0.15) is 11.9 Å². The molecule has 3 rings (SSSR count). The van der Waals surface area contributed by atoms with Crippen LogP contribution >= 0.6 is 0 Å². The molecule has 0 bridgehead atoms. The van der Waals surface area contributed by atoms with Crippen LogP contribution in [0, 0.1) is 17.3 Å². The zero-order valence-electron chi connectivity index (χ0n) is 14.6. The summed E-state index contributed by atoms with van der Waals surface area (Å²) in [5, 5.41) is 10.5. The molecule has 1 aromatic carbocycles. The van der Waals surface area contributed by atoms with Crippen molar-refractivity contribution in [3.05, 3.63) is 23.3 Å². The van der Waals surface area contributed by atoms with E-state index in [0.29, 0.717) is 17.7 Å². The Morgan fingerprint density at radius 2 is 2.04 bits per heavy atom. The average Bonchev–Trinajstić information content (AvgIpc) is 2.50. The maximum Gasteiger partial charge on any atom is 0.165 e. The number of fused-ring (bicyclic) bond motifs is 2. The molecule has 23 heavy (non-hydrogen) atoms. The molecule has 1 heterocycles. The molecule has 1 aliphatic heterocycles. The van der Waals surface area contributed by atoms with Gasteiger partial charge in [0, 0.05) is 17.9 Å². The molecule has 4 heteroatoms. The summed E-state index contributed by atoms with van der Waals surface area (Å²) in [6, 6.07) is 3.61. The van der Waals surface area contributed by atoms with Gasteiger partial charge < -0.3 is 14.6 Å². The lowest BCUT2D eigenvalue weighted by atomic mass is 9.54. The van der Waals surface area contributed by atoms with E-state index in [-0.39, 0.29) is 23.4 Å². The van der Waals surface area contributed by atoms with Crippen LogP contribution in [0.2, 0.25) is 0 Å². The van der Waals surface area contributed by atoms with E-state index in [1.54, 1.807) is 13.2 Å². The summed E-state index contributed by atoms with van der Waals surface area (Å²) < 4.78 is 11.8. The molecule has 0 spiro atoms. The van der Waals surface area contributed by atoms with Crippen molar-refractivity contribution in [1.82, 2.24) is 0 Å². The minimum Gasteiger partial charge on any atom is -0.493 e. The van der Waals surface area contributed by atoms with Gasteiger partial charge in [0.25, 0.3) is 0 Å². The van der Waals surface area contributed by atoms with E-state index >= 15 is 0 Å². The highest BCUT2D eigenvalue weighted by Gasteiger charge is 2.56. The molecule has 1 aromatic rings. The lowest BCUT2D eigenvalue weighted by Gasteiger charge is -2.57. The molecule has 4 nitrogen and oxygen atoms in total. The van der Waals surface area contributed by atoms with Gasteiger partial charge in [-0.05, 0) is 42.4 Å². The molecule has 0 radical (unpaired) electrons. The van der Waals surface area contributed by atoms with Crippen molar-refractivity contribution in [2.75, 3.05) is 7.11 Å². The van der Waals surface area contributed by atoms with Gasteiger partial charge in [-0.2, -0.15) is 0 Å². The molecule has 126 valence electrons. The molecule has 1 fully saturated rings. The largest absolute Gasteiger partial charge is 0.493 e. The molecule has 0 unspecified atom stereocenters. The monoisotopic (exact) mass is 318 g/mol. The van der Waals surface area contributed by atoms with Gasteiger partial charge in [-0.25, -0.2) is 0 Å². The van der Waals surface area contributed by atoms with E-state index in [0.717, 1.165) is 24.0 Å². The van der Waals surface area contributed by atoms with Crippen LogP contribution in [0.1, 0.15) is 50.0 Å². The van der Waals surface area contributed by atoms with E-state index in [2.05, 4.69) is 27.7 Å². The fraction of sp³-hybridized carbons (Fsp3) is 0.632. The molecule has 0 amide bonds. The Balaban J connectivity index is 2.11. The molecule has 1 saturated carbocycles. The van der Waals surface area contributed by atoms with E-state index in [1.165, 1.54) is 0 Å². The van der Waals surface area contributed by atoms with Crippen LogP contribution in [0.15, 0.2) is 12.1 Å². The maximum atomic E-state index is 11.2. The number of hydrogen-bond acceptors (Lipinski definition) is 4. The van der Waals surface area contributed by atoms with Crippen molar-refractivity contribution in [3.63, 3.8) is 0 Å². The van der Waals surface area contributed by atoms with Crippen LogP contribution in [-0.2, 0) is 6.42 Å². The third kappa shape index (κ3) is 2.35. The SMILES string of the molecule is COc1cc(C=O)cc2c1O[C@]1(C)C[C@@H](O)[C@@H](C)C(C)(C)[C@H]1C2. The van der Waals surface area contributed by atoms with E-state index in [1.807, 2.05) is 6.07 Å². The third-order valence-electron chi connectivity index (χ3n) is 6.27. The fourth-order valence-electron chi connectivity index (χ4n) is 4.55. The maximum absolute atomic E-state index is 11.2. The Kier molecular flexibility index (Phi) is 3.71. The summed E-state index contributed by atoms with van der Waals surface area (Å²) in [4.78, 5) is 11.2. The zero-order valence-corrected chi connectivity index (χ0v) is 14.6. The number of ether oxygens (including phenoxy) is 2. The summed E-state index contributed by atoms with van der Waals surface area (Å²) in [6.07, 6.45) is 1.90. The fourth-order valence-corrected chi connectivity index (χ4v) is 4.55. The van der Waals surface area contributed by atoms with Gasteiger partial charge in [-0.15, -0.1) is 0 Å². The minimum atomic E-state index is -0.432. The van der Waals surface area contributed by atoms with Gasteiger partial charge >= 0.3 is 0 Å². The van der Waals surface area contributed by atoms with Crippen LogP contribution in [0.5, 0.6) is 11.5 Å². The van der Waals surface area contributed by atoms with Crippen molar-refractivity contribution >= 4 is 6.29 Å². The number of aldehydes is 1. The summed E-state index contributed by atoms with van der Waals surface area (Å²) in [5.74, 6) is 1.78. The first-order valence-corrected chi connectivity index (χ1v) is 8.26. The highest BCUT2D eigenvalue weighted by molar-refractivity contribution is 5.77. The number of carbonyl (C=O) groups is 1. The number of benzene rings is 1. The Morgan fingerprint density at radius 1 is 1.35 bits per heavy atom. The van der Waals surface area contributed by atoms with Crippen molar-refractivity contribution in [1.29, 1.82) is 0 Å². The Labute approximate surface area is 137 Å². The number of rotatable bonds is 2. The van der Waals surface area contributed by atoms with E-state index in [9.17, 15) is 9.90 Å². The first kappa shape index (κ1) is 16.3. The molecule has 1 N–H and O–H groups in total. The second kappa shape index (κ2) is 5.23. The first-order chi connectivity index (χ1) is 10.7. The predicted octanol–water partition coefficient (Wildman–Crippen LogP) is 3.24. The minimum absolute atomic E-state index is 0.0610. The van der Waals surface area contributed by atoms with E-state index < -0.39 is 5.60 Å². The summed E-state index contributed by atoms with van der Waals surface area (Å²) in [5.41, 5.74) is 1.13. The Hall–Kier alpha value is -1.55. The van der Waals surface area contributed by atoms with Crippen LogP contribution in [0.4, 0.5) is 0 Å². The molecule has 1 aliphatic carbocycles. The number of hydrogen-bond donors (Lipinski definition) is 1. The number of aliphatic hydroxyl groups is 1. The number of aliphatic hydroxyl groups excluding tert-OH is 1. The average molecular weight is 318 g/mol. The molecular weight excluding hydrogens is 292 g/mol. The lowest BCUT2D eigenvalue weighted by Crippen LogP contribution is -2.60. The second-order valence-corrected chi connectivity index (χ2v) is 7.88. The van der Waals surface area contributed by atoms with Crippen molar-refractivity contribution < 1.29 is 19.4 Å². The second-order valence-electron chi connectivity index (χ2n) is 7.88. The molecule has 0 aromatic heterocycles. The van der Waals surface area contributed by atoms with Gasteiger partial charge in [0.2, 0.25) is 0 Å². The van der Waals surface area contributed by atoms with Gasteiger partial charge in [-0.1, -0.05) is 20.8 Å². The third-order valence-corrected chi connectivity index (χ3v) is 6.27. The van der Waals surface area contributed by atoms with Gasteiger partial charge in [-0.3, -0.25) is 4.79 Å². The smallest absolute Gasteiger partial charge is 0.165 e. The van der Waals surface area contributed by atoms with Crippen molar-refractivity contribution in [2.24, 2.45) is 17.3 Å². The normalized spacial score (nSPS) is 34.8. The molecular formula is C19H26O4. The quantitative estimate of drug-likeness (QED) is 0.851. The predicted molar refractivity (Wildman–Crippen MR) is 88.2 cm³/mol. The standard InChI is InChI=1S/C19H26O4/c1-11-14(21)9-19(4)16(18(11,2)3)8-13-6-12(10-20)7-15(22-5)17(13)23-19/h6-7,10-11,14,16,21H,8-9H2,1-5H3/t11-,14-,16-,19-/m1/s1. The van der Waals surface area contributed by atoms with Gasteiger partial charge in [0.05, 0.1) is 13.2 Å².